The van der Waals surface area contributed by atoms with Gasteiger partial charge in [-0.05, 0) is 16.3 Å². The van der Waals surface area contributed by atoms with Crippen molar-refractivity contribution >= 4 is 23.2 Å². The molecule has 0 aliphatic heterocycles. The summed E-state index contributed by atoms with van der Waals surface area (Å²) in [7, 11) is 0. The smallest absolute Gasteiger partial charge is 0.0556 e. The number of aliphatic hydroxyl groups is 1. The lowest BCUT2D eigenvalue weighted by Gasteiger charge is -2.06. The molecule has 2 nitrogen and oxygen atoms in total. The number of aliphatic hydroxyl groups excluding tert-OH is 1. The number of benzene rings is 2. The third-order valence-electron chi connectivity index (χ3n) is 2.48. The normalized spacial score (nSPS) is 10.1. The molecule has 2 rings (SSSR count). The second kappa shape index (κ2) is 6.48. The molecule has 2 N–H and O–H groups in total. The Morgan fingerprint density at radius 2 is 1.75 bits per heavy atom. The number of hydrogen-bond acceptors (Lipinski definition) is 2. The monoisotopic (exact) mass is 237 g/mol. The van der Waals surface area contributed by atoms with E-state index in [0.717, 1.165) is 6.54 Å². The highest BCUT2D eigenvalue weighted by Gasteiger charge is 1.98. The zero-order valence-electron chi connectivity index (χ0n) is 9.02. The van der Waals surface area contributed by atoms with Gasteiger partial charge in [-0.15, -0.1) is 12.4 Å². The molecule has 0 saturated carbocycles. The van der Waals surface area contributed by atoms with E-state index in [1.807, 2.05) is 6.07 Å². The first-order valence-electron chi connectivity index (χ1n) is 5.20. The fourth-order valence-electron chi connectivity index (χ4n) is 1.75. The van der Waals surface area contributed by atoms with Crippen molar-refractivity contribution in [3.05, 3.63) is 48.0 Å². The molecule has 0 aliphatic carbocycles. The Balaban J connectivity index is 0.00000128. The Kier molecular flexibility index (Phi) is 5.26. The Morgan fingerprint density at radius 3 is 2.56 bits per heavy atom. The summed E-state index contributed by atoms with van der Waals surface area (Å²) >= 11 is 0. The average Bonchev–Trinajstić information content (AvgIpc) is 2.30. The third-order valence-corrected chi connectivity index (χ3v) is 2.48. The van der Waals surface area contributed by atoms with Crippen molar-refractivity contribution in [3.8, 4) is 0 Å². The van der Waals surface area contributed by atoms with E-state index in [4.69, 9.17) is 5.11 Å². The van der Waals surface area contributed by atoms with E-state index in [1.54, 1.807) is 0 Å². The van der Waals surface area contributed by atoms with E-state index < -0.39 is 0 Å². The van der Waals surface area contributed by atoms with Gasteiger partial charge in [-0.1, -0.05) is 42.5 Å². The molecule has 0 fully saturated rings. The van der Waals surface area contributed by atoms with Crippen molar-refractivity contribution < 1.29 is 5.11 Å². The van der Waals surface area contributed by atoms with Gasteiger partial charge >= 0.3 is 0 Å². The molecule has 0 bridgehead atoms. The van der Waals surface area contributed by atoms with Crippen LogP contribution in [0.15, 0.2) is 42.5 Å². The van der Waals surface area contributed by atoms with Gasteiger partial charge in [-0.3, -0.25) is 0 Å². The van der Waals surface area contributed by atoms with Crippen molar-refractivity contribution in [2.75, 3.05) is 13.2 Å². The third kappa shape index (κ3) is 2.95. The molecular weight excluding hydrogens is 222 g/mol. The predicted octanol–water partition coefficient (Wildman–Crippen LogP) is 2.34. The lowest BCUT2D eigenvalue weighted by molar-refractivity contribution is 0.292. The Bertz CT molecular complexity index is 439. The highest BCUT2D eigenvalue weighted by atomic mass is 35.5. The van der Waals surface area contributed by atoms with Crippen LogP contribution >= 0.6 is 12.4 Å². The van der Waals surface area contributed by atoms with Gasteiger partial charge in [0.15, 0.2) is 0 Å². The summed E-state index contributed by atoms with van der Waals surface area (Å²) in [5, 5.41) is 14.4. The van der Waals surface area contributed by atoms with Crippen LogP contribution in [0.3, 0.4) is 0 Å². The van der Waals surface area contributed by atoms with Crippen LogP contribution in [-0.2, 0) is 6.54 Å². The first kappa shape index (κ1) is 13.0. The van der Waals surface area contributed by atoms with E-state index in [0.29, 0.717) is 6.54 Å². The molecule has 0 atom stereocenters. The number of halogens is 1. The molecule has 0 spiro atoms. The van der Waals surface area contributed by atoms with Crippen LogP contribution < -0.4 is 5.32 Å². The molecule has 3 heteroatoms. The summed E-state index contributed by atoms with van der Waals surface area (Å²) in [6.45, 7) is 1.63. The summed E-state index contributed by atoms with van der Waals surface area (Å²) in [5.41, 5.74) is 1.28. The van der Waals surface area contributed by atoms with Crippen LogP contribution in [-0.4, -0.2) is 18.3 Å². The molecule has 86 valence electrons. The van der Waals surface area contributed by atoms with Crippen LogP contribution in [0.5, 0.6) is 0 Å². The maximum atomic E-state index is 8.70. The Morgan fingerprint density at radius 1 is 1.00 bits per heavy atom. The Labute approximate surface area is 102 Å². The second-order valence-electron chi connectivity index (χ2n) is 3.54. The molecule has 2 aromatic carbocycles. The van der Waals surface area contributed by atoms with Gasteiger partial charge < -0.3 is 10.4 Å². The fourth-order valence-corrected chi connectivity index (χ4v) is 1.75. The maximum absolute atomic E-state index is 8.70. The summed E-state index contributed by atoms with van der Waals surface area (Å²) in [6, 6.07) is 14.6. The lowest BCUT2D eigenvalue weighted by Crippen LogP contribution is -2.17. The van der Waals surface area contributed by atoms with Crippen LogP contribution in [0, 0.1) is 0 Å². The van der Waals surface area contributed by atoms with Gasteiger partial charge in [-0.2, -0.15) is 0 Å². The van der Waals surface area contributed by atoms with Crippen LogP contribution in [0.4, 0.5) is 0 Å². The fraction of sp³-hybridized carbons (Fsp3) is 0.231. The average molecular weight is 238 g/mol. The summed E-state index contributed by atoms with van der Waals surface area (Å²) in [6.07, 6.45) is 0. The molecule has 0 aromatic heterocycles. The molecule has 0 unspecified atom stereocenters. The second-order valence-corrected chi connectivity index (χ2v) is 3.54. The van der Waals surface area contributed by atoms with Crippen molar-refractivity contribution in [3.63, 3.8) is 0 Å². The number of nitrogens with one attached hydrogen (secondary N) is 1. The first-order valence-corrected chi connectivity index (χ1v) is 5.20. The number of hydrogen-bond donors (Lipinski definition) is 2. The zero-order valence-corrected chi connectivity index (χ0v) is 9.83. The lowest BCUT2D eigenvalue weighted by atomic mass is 10.0. The molecule has 2 aromatic rings. The van der Waals surface area contributed by atoms with Crippen molar-refractivity contribution in [2.24, 2.45) is 0 Å². The molecular formula is C13H16ClNO. The van der Waals surface area contributed by atoms with Crippen LogP contribution in [0.25, 0.3) is 10.8 Å². The quantitative estimate of drug-likeness (QED) is 0.801. The molecule has 0 saturated heterocycles. The summed E-state index contributed by atoms with van der Waals surface area (Å²) in [5.74, 6) is 0. The SMILES string of the molecule is Cl.OCCNCc1cccc2ccccc12. The summed E-state index contributed by atoms with van der Waals surface area (Å²) in [4.78, 5) is 0. The van der Waals surface area contributed by atoms with E-state index in [9.17, 15) is 0 Å². The van der Waals surface area contributed by atoms with Gasteiger partial charge in [0.2, 0.25) is 0 Å². The molecule has 0 heterocycles. The Hall–Kier alpha value is -1.09. The standard InChI is InChI=1S/C13H15NO.ClH/c15-9-8-14-10-12-6-3-5-11-4-1-2-7-13(11)12;/h1-7,14-15H,8-10H2;1H. The van der Waals surface area contributed by atoms with Crippen molar-refractivity contribution in [1.29, 1.82) is 0 Å². The van der Waals surface area contributed by atoms with E-state index >= 15 is 0 Å². The molecule has 16 heavy (non-hydrogen) atoms. The number of fused-ring (bicyclic) bond motifs is 1. The minimum absolute atomic E-state index is 0. The minimum atomic E-state index is 0. The predicted molar refractivity (Wildman–Crippen MR) is 70.0 cm³/mol. The van der Waals surface area contributed by atoms with E-state index in [1.165, 1.54) is 16.3 Å². The van der Waals surface area contributed by atoms with Gasteiger partial charge in [0.05, 0.1) is 6.61 Å². The largest absolute Gasteiger partial charge is 0.395 e. The molecule has 0 radical (unpaired) electrons. The highest BCUT2D eigenvalue weighted by molar-refractivity contribution is 5.85. The van der Waals surface area contributed by atoms with Crippen LogP contribution in [0.2, 0.25) is 0 Å². The highest BCUT2D eigenvalue weighted by Crippen LogP contribution is 2.17. The molecule has 0 amide bonds. The maximum Gasteiger partial charge on any atom is 0.0556 e. The summed E-state index contributed by atoms with van der Waals surface area (Å²) < 4.78 is 0. The van der Waals surface area contributed by atoms with Crippen LogP contribution in [0.1, 0.15) is 5.56 Å². The van der Waals surface area contributed by atoms with Gasteiger partial charge in [0, 0.05) is 13.1 Å². The van der Waals surface area contributed by atoms with Gasteiger partial charge in [0.25, 0.3) is 0 Å². The van der Waals surface area contributed by atoms with Gasteiger partial charge in [0.1, 0.15) is 0 Å². The van der Waals surface area contributed by atoms with Crippen molar-refractivity contribution in [1.82, 2.24) is 5.32 Å². The first-order chi connectivity index (χ1) is 7.42. The van der Waals surface area contributed by atoms with Crippen molar-refractivity contribution in [2.45, 2.75) is 6.54 Å². The topological polar surface area (TPSA) is 32.3 Å². The van der Waals surface area contributed by atoms with Gasteiger partial charge in [-0.25, -0.2) is 0 Å². The number of rotatable bonds is 4. The molecule has 0 aliphatic rings. The van der Waals surface area contributed by atoms with E-state index in [2.05, 4.69) is 41.7 Å². The minimum Gasteiger partial charge on any atom is -0.395 e. The van der Waals surface area contributed by atoms with E-state index in [-0.39, 0.29) is 19.0 Å². The zero-order chi connectivity index (χ0) is 10.5.